The van der Waals surface area contributed by atoms with Crippen LogP contribution in [0.3, 0.4) is 0 Å². The Morgan fingerprint density at radius 1 is 1.00 bits per heavy atom. The van der Waals surface area contributed by atoms with Gasteiger partial charge in [0.25, 0.3) is 0 Å². The van der Waals surface area contributed by atoms with Crippen molar-refractivity contribution in [3.63, 3.8) is 0 Å². The van der Waals surface area contributed by atoms with E-state index in [2.05, 4.69) is 43.3 Å². The summed E-state index contributed by atoms with van der Waals surface area (Å²) in [4.78, 5) is 0. The number of halogens is 2. The van der Waals surface area contributed by atoms with Crippen molar-refractivity contribution < 1.29 is 8.78 Å². The summed E-state index contributed by atoms with van der Waals surface area (Å²) in [6.45, 7) is 2.24. The maximum absolute atomic E-state index is 13.2. The summed E-state index contributed by atoms with van der Waals surface area (Å²) >= 11 is 0. The third-order valence-corrected chi connectivity index (χ3v) is 4.91. The van der Waals surface area contributed by atoms with Crippen LogP contribution in [0.15, 0.2) is 30.3 Å². The highest BCUT2D eigenvalue weighted by atomic mass is 19.3. The fourth-order valence-corrected chi connectivity index (χ4v) is 3.34. The molecule has 0 radical (unpaired) electrons. The zero-order valence-corrected chi connectivity index (χ0v) is 14.4. The van der Waals surface area contributed by atoms with Crippen molar-refractivity contribution in [1.82, 2.24) is 0 Å². The van der Waals surface area contributed by atoms with Gasteiger partial charge in [-0.05, 0) is 42.7 Å². The second-order valence-electron chi connectivity index (χ2n) is 6.90. The molecule has 1 fully saturated rings. The van der Waals surface area contributed by atoms with Crippen LogP contribution < -0.4 is 0 Å². The minimum absolute atomic E-state index is 0.0390. The number of alkyl halides is 2. The molecule has 0 bridgehead atoms. The third-order valence-electron chi connectivity index (χ3n) is 4.91. The largest absolute Gasteiger partial charge is 0.248 e. The van der Waals surface area contributed by atoms with E-state index in [-0.39, 0.29) is 12.8 Å². The molecule has 0 amide bonds. The van der Waals surface area contributed by atoms with Gasteiger partial charge in [-0.15, -0.1) is 0 Å². The maximum atomic E-state index is 13.2. The normalized spacial score (nSPS) is 18.6. The quantitative estimate of drug-likeness (QED) is 0.439. The lowest BCUT2D eigenvalue weighted by Gasteiger charge is -2.28. The topological polar surface area (TPSA) is 0 Å². The first kappa shape index (κ1) is 18.2. The van der Waals surface area contributed by atoms with Crippen molar-refractivity contribution in [2.24, 2.45) is 0 Å². The van der Waals surface area contributed by atoms with Crippen LogP contribution >= 0.6 is 0 Å². The summed E-state index contributed by atoms with van der Waals surface area (Å²) < 4.78 is 26.4. The Morgan fingerprint density at radius 2 is 1.65 bits per heavy atom. The second kappa shape index (κ2) is 9.20. The van der Waals surface area contributed by atoms with E-state index in [4.69, 9.17) is 0 Å². The fraction of sp³-hybridized carbons (Fsp3) is 0.619. The van der Waals surface area contributed by atoms with Crippen LogP contribution in [-0.4, -0.2) is 5.92 Å². The number of allylic oxidation sites excluding steroid dienone is 1. The lowest BCUT2D eigenvalue weighted by molar-refractivity contribution is -0.0382. The van der Waals surface area contributed by atoms with Gasteiger partial charge in [-0.1, -0.05) is 69.0 Å². The third kappa shape index (κ3) is 6.45. The summed E-state index contributed by atoms with van der Waals surface area (Å²) in [5.74, 6) is -2.12. The van der Waals surface area contributed by atoms with Crippen molar-refractivity contribution >= 4 is 6.08 Å². The van der Waals surface area contributed by atoms with Gasteiger partial charge >= 0.3 is 0 Å². The van der Waals surface area contributed by atoms with Gasteiger partial charge in [-0.2, -0.15) is 0 Å². The molecule has 1 aromatic rings. The molecule has 0 atom stereocenters. The smallest absolute Gasteiger partial charge is 0.207 e. The van der Waals surface area contributed by atoms with E-state index in [9.17, 15) is 8.78 Å². The predicted molar refractivity (Wildman–Crippen MR) is 95.0 cm³/mol. The van der Waals surface area contributed by atoms with E-state index in [1.54, 1.807) is 0 Å². The van der Waals surface area contributed by atoms with E-state index in [1.807, 2.05) is 0 Å². The van der Waals surface area contributed by atoms with E-state index in [0.717, 1.165) is 6.42 Å². The zero-order valence-electron chi connectivity index (χ0n) is 14.4. The Morgan fingerprint density at radius 3 is 2.30 bits per heavy atom. The summed E-state index contributed by atoms with van der Waals surface area (Å²) in [6.07, 6.45) is 13.4. The number of unbranched alkanes of at least 4 members (excludes halogenated alkanes) is 5. The van der Waals surface area contributed by atoms with Crippen molar-refractivity contribution in [1.29, 1.82) is 0 Å². The Kier molecular flexibility index (Phi) is 7.26. The minimum atomic E-state index is -2.43. The van der Waals surface area contributed by atoms with E-state index >= 15 is 0 Å². The van der Waals surface area contributed by atoms with Gasteiger partial charge in [0.1, 0.15) is 0 Å². The number of hydrogen-bond acceptors (Lipinski definition) is 0. The average molecular weight is 320 g/mol. The van der Waals surface area contributed by atoms with Crippen LogP contribution in [-0.2, 0) is 0 Å². The highest BCUT2D eigenvalue weighted by molar-refractivity contribution is 5.49. The Hall–Kier alpha value is -1.18. The number of hydrogen-bond donors (Lipinski definition) is 0. The summed E-state index contributed by atoms with van der Waals surface area (Å²) in [7, 11) is 0. The van der Waals surface area contributed by atoms with Crippen LogP contribution in [0.4, 0.5) is 8.78 Å². The molecule has 1 aliphatic carbocycles. The standard InChI is InChI=1S/C21H30F2/c1-2-3-4-5-6-7-8-9-18-10-12-19(13-11-18)20-14-16-21(22,23)17-15-20/h8-13,20H,2-7,14-17H2,1H3/b9-8+. The molecule has 0 N–H and O–H groups in total. The van der Waals surface area contributed by atoms with Crippen molar-refractivity contribution in [2.45, 2.75) is 83.0 Å². The van der Waals surface area contributed by atoms with Crippen LogP contribution in [0.1, 0.15) is 88.2 Å². The Balaban J connectivity index is 1.74. The molecule has 2 rings (SSSR count). The van der Waals surface area contributed by atoms with Crippen LogP contribution in [0.2, 0.25) is 0 Å². The first-order valence-electron chi connectivity index (χ1n) is 9.25. The van der Waals surface area contributed by atoms with E-state index < -0.39 is 5.92 Å². The Labute approximate surface area is 140 Å². The molecule has 2 heteroatoms. The van der Waals surface area contributed by atoms with Gasteiger partial charge in [0.05, 0.1) is 0 Å². The van der Waals surface area contributed by atoms with Crippen LogP contribution in [0.25, 0.3) is 6.08 Å². The van der Waals surface area contributed by atoms with E-state index in [0.29, 0.717) is 18.8 Å². The van der Waals surface area contributed by atoms with Gasteiger partial charge in [-0.3, -0.25) is 0 Å². The molecule has 0 spiro atoms. The van der Waals surface area contributed by atoms with E-state index in [1.165, 1.54) is 43.2 Å². The van der Waals surface area contributed by atoms with Crippen LogP contribution in [0.5, 0.6) is 0 Å². The first-order valence-corrected chi connectivity index (χ1v) is 9.25. The lowest BCUT2D eigenvalue weighted by Crippen LogP contribution is -2.23. The summed E-state index contributed by atoms with van der Waals surface area (Å²) in [5, 5.41) is 0. The lowest BCUT2D eigenvalue weighted by atomic mass is 9.82. The van der Waals surface area contributed by atoms with Crippen LogP contribution in [0, 0.1) is 0 Å². The zero-order chi connectivity index (χ0) is 16.5. The van der Waals surface area contributed by atoms with Gasteiger partial charge in [0, 0.05) is 12.8 Å². The van der Waals surface area contributed by atoms with Gasteiger partial charge in [-0.25, -0.2) is 8.78 Å². The molecular weight excluding hydrogens is 290 g/mol. The first-order chi connectivity index (χ1) is 11.1. The fourth-order valence-electron chi connectivity index (χ4n) is 3.34. The molecule has 1 saturated carbocycles. The highest BCUT2D eigenvalue weighted by Crippen LogP contribution is 2.40. The SMILES string of the molecule is CCCCCCC/C=C/c1ccc(C2CCC(F)(F)CC2)cc1. The molecule has 0 saturated heterocycles. The second-order valence-corrected chi connectivity index (χ2v) is 6.90. The Bertz CT molecular complexity index is 463. The monoisotopic (exact) mass is 320 g/mol. The summed E-state index contributed by atoms with van der Waals surface area (Å²) in [5.41, 5.74) is 2.43. The molecule has 0 heterocycles. The summed E-state index contributed by atoms with van der Waals surface area (Å²) in [6, 6.07) is 8.48. The predicted octanol–water partition coefficient (Wildman–Crippen LogP) is 7.35. The molecule has 0 unspecified atom stereocenters. The number of benzene rings is 1. The molecule has 1 aromatic carbocycles. The van der Waals surface area contributed by atoms with Crippen molar-refractivity contribution in [2.75, 3.05) is 0 Å². The minimum Gasteiger partial charge on any atom is -0.207 e. The van der Waals surface area contributed by atoms with Crippen molar-refractivity contribution in [3.05, 3.63) is 41.5 Å². The molecule has 23 heavy (non-hydrogen) atoms. The molecular formula is C21H30F2. The average Bonchev–Trinajstić information content (AvgIpc) is 2.55. The molecule has 0 aliphatic heterocycles. The molecule has 0 aromatic heterocycles. The molecule has 128 valence electrons. The van der Waals surface area contributed by atoms with Crippen molar-refractivity contribution in [3.8, 4) is 0 Å². The highest BCUT2D eigenvalue weighted by Gasteiger charge is 2.35. The number of rotatable bonds is 8. The molecule has 1 aliphatic rings. The van der Waals surface area contributed by atoms with Gasteiger partial charge < -0.3 is 0 Å². The molecule has 0 nitrogen and oxygen atoms in total. The van der Waals surface area contributed by atoms with Gasteiger partial charge in [0.2, 0.25) is 5.92 Å². The van der Waals surface area contributed by atoms with Gasteiger partial charge in [0.15, 0.2) is 0 Å². The maximum Gasteiger partial charge on any atom is 0.248 e.